The van der Waals surface area contributed by atoms with Crippen LogP contribution in [0.15, 0.2) is 18.2 Å². The smallest absolute Gasteiger partial charge is 0.335 e. The molecule has 0 saturated heterocycles. The summed E-state index contributed by atoms with van der Waals surface area (Å²) in [4.78, 5) is 33.2. The Kier molecular flexibility index (Phi) is 5.11. The number of halogens is 1. The number of aryl methyl sites for hydroxylation is 2. The Morgan fingerprint density at radius 1 is 1.40 bits per heavy atom. The van der Waals surface area contributed by atoms with Crippen molar-refractivity contribution in [1.82, 2.24) is 9.78 Å². The van der Waals surface area contributed by atoms with E-state index >= 15 is 0 Å². The average molecular weight is 350 g/mol. The van der Waals surface area contributed by atoms with E-state index in [9.17, 15) is 24.1 Å². The third-order valence-electron chi connectivity index (χ3n) is 3.56. The zero-order valence-corrected chi connectivity index (χ0v) is 13.4. The molecule has 9 nitrogen and oxygen atoms in total. The maximum atomic E-state index is 13.7. The fourth-order valence-electron chi connectivity index (χ4n) is 2.34. The van der Waals surface area contributed by atoms with E-state index < -0.39 is 22.6 Å². The van der Waals surface area contributed by atoms with E-state index in [4.69, 9.17) is 5.11 Å². The molecule has 0 aliphatic heterocycles. The van der Waals surface area contributed by atoms with Crippen molar-refractivity contribution in [2.45, 2.75) is 26.8 Å². The summed E-state index contributed by atoms with van der Waals surface area (Å²) in [5.74, 6) is -2.58. The van der Waals surface area contributed by atoms with Gasteiger partial charge in [-0.1, -0.05) is 0 Å². The standard InChI is InChI=1S/C15H15FN4O5/c1-8-14(20(24)25)9(2)19(18-8)6-5-13(21)17-12-7-10(15(22)23)3-4-11(12)16/h3-4,7H,5-6H2,1-2H3,(H,17,21)(H,22,23). The van der Waals surface area contributed by atoms with Crippen LogP contribution in [-0.2, 0) is 11.3 Å². The normalized spacial score (nSPS) is 10.5. The third kappa shape index (κ3) is 3.97. The zero-order valence-electron chi connectivity index (χ0n) is 13.4. The molecule has 132 valence electrons. The lowest BCUT2D eigenvalue weighted by atomic mass is 10.2. The molecule has 2 N–H and O–H groups in total. The van der Waals surface area contributed by atoms with Crippen LogP contribution >= 0.6 is 0 Å². The molecule has 1 amide bonds. The molecule has 0 saturated carbocycles. The van der Waals surface area contributed by atoms with Crippen LogP contribution in [0.5, 0.6) is 0 Å². The summed E-state index contributed by atoms with van der Waals surface area (Å²) in [6.45, 7) is 3.08. The summed E-state index contributed by atoms with van der Waals surface area (Å²) >= 11 is 0. The molecule has 1 aromatic heterocycles. The van der Waals surface area contributed by atoms with E-state index in [1.807, 2.05) is 0 Å². The minimum absolute atomic E-state index is 0.0621. The molecule has 0 radical (unpaired) electrons. The van der Waals surface area contributed by atoms with E-state index in [1.54, 1.807) is 0 Å². The highest BCUT2D eigenvalue weighted by Gasteiger charge is 2.22. The molecule has 1 heterocycles. The fraction of sp³-hybridized carbons (Fsp3) is 0.267. The molecule has 25 heavy (non-hydrogen) atoms. The first-order valence-corrected chi connectivity index (χ1v) is 7.21. The van der Waals surface area contributed by atoms with Crippen molar-refractivity contribution in [3.05, 3.63) is 51.1 Å². The van der Waals surface area contributed by atoms with Crippen molar-refractivity contribution in [2.24, 2.45) is 0 Å². The van der Waals surface area contributed by atoms with E-state index in [2.05, 4.69) is 10.4 Å². The number of carbonyl (C=O) groups is 2. The van der Waals surface area contributed by atoms with Crippen LogP contribution in [-0.4, -0.2) is 31.7 Å². The molecule has 0 fully saturated rings. The van der Waals surface area contributed by atoms with Gasteiger partial charge in [-0.2, -0.15) is 5.10 Å². The molecule has 0 bridgehead atoms. The second kappa shape index (κ2) is 7.07. The number of benzene rings is 1. The topological polar surface area (TPSA) is 127 Å². The van der Waals surface area contributed by atoms with Gasteiger partial charge in [0.15, 0.2) is 0 Å². The monoisotopic (exact) mass is 350 g/mol. The number of hydrogen-bond acceptors (Lipinski definition) is 5. The van der Waals surface area contributed by atoms with Crippen LogP contribution < -0.4 is 5.32 Å². The van der Waals surface area contributed by atoms with Gasteiger partial charge in [0.1, 0.15) is 17.2 Å². The van der Waals surface area contributed by atoms with Gasteiger partial charge in [0.05, 0.1) is 22.7 Å². The molecule has 2 aromatic rings. The van der Waals surface area contributed by atoms with Gasteiger partial charge >= 0.3 is 11.7 Å². The maximum Gasteiger partial charge on any atom is 0.335 e. The van der Waals surface area contributed by atoms with Gasteiger partial charge in [-0.15, -0.1) is 0 Å². The van der Waals surface area contributed by atoms with Crippen molar-refractivity contribution < 1.29 is 24.0 Å². The predicted octanol–water partition coefficient (Wildman–Crippen LogP) is 2.27. The van der Waals surface area contributed by atoms with E-state index in [-0.39, 0.29) is 35.6 Å². The molecule has 0 spiro atoms. The highest BCUT2D eigenvalue weighted by atomic mass is 19.1. The van der Waals surface area contributed by atoms with Crippen LogP contribution in [0.3, 0.4) is 0 Å². The Balaban J connectivity index is 2.07. The number of anilines is 1. The molecule has 0 unspecified atom stereocenters. The summed E-state index contributed by atoms with van der Waals surface area (Å²) < 4.78 is 15.0. The maximum absolute atomic E-state index is 13.7. The number of nitrogens with zero attached hydrogens (tertiary/aromatic N) is 3. The molecule has 10 heteroatoms. The summed E-state index contributed by atoms with van der Waals surface area (Å²) in [7, 11) is 0. The number of nitro groups is 1. The van der Waals surface area contributed by atoms with Gasteiger partial charge in [-0.25, -0.2) is 9.18 Å². The number of hydrogen-bond donors (Lipinski definition) is 2. The highest BCUT2D eigenvalue weighted by molar-refractivity contribution is 5.94. The first-order valence-electron chi connectivity index (χ1n) is 7.21. The molecule has 0 atom stereocenters. The number of nitrogens with one attached hydrogen (secondary N) is 1. The Labute approximate surface area is 141 Å². The summed E-state index contributed by atoms with van der Waals surface area (Å²) in [6.07, 6.45) is -0.115. The molecular formula is C15H15FN4O5. The minimum atomic E-state index is -1.24. The van der Waals surface area contributed by atoms with Crippen LogP contribution in [0.1, 0.15) is 28.2 Å². The van der Waals surface area contributed by atoms with Gasteiger partial charge < -0.3 is 10.4 Å². The first kappa shape index (κ1) is 18.0. The Bertz CT molecular complexity index is 862. The number of aromatic nitrogens is 2. The predicted molar refractivity (Wildman–Crippen MR) is 85.0 cm³/mol. The summed E-state index contributed by atoms with van der Waals surface area (Å²) in [5, 5.41) is 26.1. The number of carbonyl (C=O) groups excluding carboxylic acids is 1. The van der Waals surface area contributed by atoms with Gasteiger partial charge in [0.25, 0.3) is 0 Å². The lowest BCUT2D eigenvalue weighted by Gasteiger charge is -2.08. The van der Waals surface area contributed by atoms with E-state index in [0.717, 1.165) is 18.2 Å². The van der Waals surface area contributed by atoms with Crippen molar-refractivity contribution in [2.75, 3.05) is 5.32 Å². The second-order valence-corrected chi connectivity index (χ2v) is 5.30. The first-order chi connectivity index (χ1) is 11.7. The SMILES string of the molecule is Cc1nn(CCC(=O)Nc2cc(C(=O)O)ccc2F)c(C)c1[N+](=O)[O-]. The van der Waals surface area contributed by atoms with Crippen LogP contribution in [0.25, 0.3) is 0 Å². The van der Waals surface area contributed by atoms with E-state index in [1.165, 1.54) is 18.5 Å². The quantitative estimate of drug-likeness (QED) is 0.608. The lowest BCUT2D eigenvalue weighted by molar-refractivity contribution is -0.386. The molecule has 2 rings (SSSR count). The molecular weight excluding hydrogens is 335 g/mol. The zero-order chi connectivity index (χ0) is 18.7. The summed E-state index contributed by atoms with van der Waals surface area (Å²) in [5.41, 5.74) is 0.0354. The van der Waals surface area contributed by atoms with Crippen molar-refractivity contribution in [1.29, 1.82) is 0 Å². The van der Waals surface area contributed by atoms with Crippen LogP contribution in [0, 0.1) is 29.8 Å². The van der Waals surface area contributed by atoms with E-state index in [0.29, 0.717) is 5.69 Å². The van der Waals surface area contributed by atoms with Gasteiger partial charge in [0, 0.05) is 6.42 Å². The average Bonchev–Trinajstić information content (AvgIpc) is 2.81. The second-order valence-electron chi connectivity index (χ2n) is 5.30. The number of carboxylic acids is 1. The van der Waals surface area contributed by atoms with Crippen molar-refractivity contribution >= 4 is 23.3 Å². The highest BCUT2D eigenvalue weighted by Crippen LogP contribution is 2.22. The lowest BCUT2D eigenvalue weighted by Crippen LogP contribution is -2.17. The number of aromatic carboxylic acids is 1. The molecule has 1 aromatic carbocycles. The van der Waals surface area contributed by atoms with Gasteiger partial charge in [0.2, 0.25) is 5.91 Å². The Morgan fingerprint density at radius 3 is 2.64 bits per heavy atom. The number of carboxylic acid groups (broad SMARTS) is 1. The third-order valence-corrected chi connectivity index (χ3v) is 3.56. The van der Waals surface area contributed by atoms with Crippen molar-refractivity contribution in [3.63, 3.8) is 0 Å². The minimum Gasteiger partial charge on any atom is -0.478 e. The number of amides is 1. The fourth-order valence-corrected chi connectivity index (χ4v) is 2.34. The van der Waals surface area contributed by atoms with Crippen molar-refractivity contribution in [3.8, 4) is 0 Å². The molecule has 0 aliphatic carbocycles. The summed E-state index contributed by atoms with van der Waals surface area (Å²) in [6, 6.07) is 3.05. The van der Waals surface area contributed by atoms with Crippen LogP contribution in [0.2, 0.25) is 0 Å². The Hall–Kier alpha value is -3.30. The van der Waals surface area contributed by atoms with Gasteiger partial charge in [-0.05, 0) is 32.0 Å². The Morgan fingerprint density at radius 2 is 2.08 bits per heavy atom. The van der Waals surface area contributed by atoms with Gasteiger partial charge in [-0.3, -0.25) is 19.6 Å². The van der Waals surface area contributed by atoms with Crippen LogP contribution in [0.4, 0.5) is 15.8 Å². The molecule has 0 aliphatic rings. The number of rotatable bonds is 6. The largest absolute Gasteiger partial charge is 0.478 e.